The average molecular weight is 299 g/mol. The van der Waals surface area contributed by atoms with Crippen LogP contribution in [-0.2, 0) is 17.9 Å². The number of carbonyl (C=O) groups is 1. The molecular weight excluding hydrogens is 278 g/mol. The number of nitrogens with zero attached hydrogens (tertiary/aromatic N) is 1. The maximum atomic E-state index is 11.8. The van der Waals surface area contributed by atoms with E-state index < -0.39 is 0 Å². The molecule has 0 atom stereocenters. The molecule has 0 radical (unpaired) electrons. The number of aromatic nitrogens is 1. The Labute approximate surface area is 130 Å². The average Bonchev–Trinajstić information content (AvgIpc) is 2.58. The highest BCUT2D eigenvalue weighted by Gasteiger charge is 2.01. The largest absolute Gasteiger partial charge is 0.497 e. The second kappa shape index (κ2) is 8.79. The van der Waals surface area contributed by atoms with Crippen LogP contribution >= 0.6 is 0 Å². The fraction of sp³-hybridized carbons (Fsp3) is 0.294. The van der Waals surface area contributed by atoms with Gasteiger partial charge in [0.25, 0.3) is 0 Å². The third kappa shape index (κ3) is 5.54. The van der Waals surface area contributed by atoms with Gasteiger partial charge in [-0.2, -0.15) is 0 Å². The number of benzene rings is 1. The van der Waals surface area contributed by atoms with Crippen molar-refractivity contribution in [3.8, 4) is 5.75 Å². The second-order valence-corrected chi connectivity index (χ2v) is 4.91. The summed E-state index contributed by atoms with van der Waals surface area (Å²) in [5.74, 6) is 0.855. The lowest BCUT2D eigenvalue weighted by atomic mass is 10.2. The van der Waals surface area contributed by atoms with Crippen LogP contribution in [0.15, 0.2) is 48.8 Å². The monoisotopic (exact) mass is 299 g/mol. The van der Waals surface area contributed by atoms with Gasteiger partial charge in [0.15, 0.2) is 0 Å². The first kappa shape index (κ1) is 16.0. The van der Waals surface area contributed by atoms with Crippen LogP contribution in [0, 0.1) is 0 Å². The van der Waals surface area contributed by atoms with E-state index in [9.17, 15) is 4.79 Å². The number of hydrogen-bond donors (Lipinski definition) is 2. The molecule has 2 aromatic rings. The molecule has 5 nitrogen and oxygen atoms in total. The highest BCUT2D eigenvalue weighted by molar-refractivity contribution is 5.76. The predicted molar refractivity (Wildman–Crippen MR) is 85.4 cm³/mol. The van der Waals surface area contributed by atoms with Crippen molar-refractivity contribution in [1.29, 1.82) is 0 Å². The number of nitrogens with one attached hydrogen (secondary N) is 2. The SMILES string of the molecule is COc1ccc(CNC(=O)CCNCc2ccncc2)cc1. The van der Waals surface area contributed by atoms with E-state index in [1.54, 1.807) is 19.5 Å². The Balaban J connectivity index is 1.61. The molecule has 1 aromatic heterocycles. The van der Waals surface area contributed by atoms with Gasteiger partial charge in [-0.05, 0) is 35.4 Å². The van der Waals surface area contributed by atoms with Gasteiger partial charge in [-0.3, -0.25) is 9.78 Å². The highest BCUT2D eigenvalue weighted by Crippen LogP contribution is 2.10. The molecule has 0 spiro atoms. The van der Waals surface area contributed by atoms with E-state index in [0.717, 1.165) is 23.4 Å². The highest BCUT2D eigenvalue weighted by atomic mass is 16.5. The smallest absolute Gasteiger partial charge is 0.221 e. The summed E-state index contributed by atoms with van der Waals surface area (Å²) < 4.78 is 5.10. The summed E-state index contributed by atoms with van der Waals surface area (Å²) in [4.78, 5) is 15.7. The predicted octanol–water partition coefficient (Wildman–Crippen LogP) is 1.89. The standard InChI is InChI=1S/C17H21N3O2/c1-22-16-4-2-14(3-5-16)13-20-17(21)8-11-19-12-15-6-9-18-10-7-15/h2-7,9-10,19H,8,11-13H2,1H3,(H,20,21). The molecule has 1 amide bonds. The molecule has 116 valence electrons. The molecule has 1 heterocycles. The molecule has 0 unspecified atom stereocenters. The Morgan fingerprint density at radius 3 is 2.41 bits per heavy atom. The summed E-state index contributed by atoms with van der Waals surface area (Å²) in [7, 11) is 1.63. The summed E-state index contributed by atoms with van der Waals surface area (Å²) >= 11 is 0. The van der Waals surface area contributed by atoms with Crippen molar-refractivity contribution in [2.45, 2.75) is 19.5 Å². The number of hydrogen-bond acceptors (Lipinski definition) is 4. The fourth-order valence-corrected chi connectivity index (χ4v) is 1.97. The van der Waals surface area contributed by atoms with Crippen LogP contribution in [0.25, 0.3) is 0 Å². The van der Waals surface area contributed by atoms with Crippen LogP contribution in [0.4, 0.5) is 0 Å². The minimum atomic E-state index is 0.0399. The summed E-state index contributed by atoms with van der Waals surface area (Å²) in [6.07, 6.45) is 3.98. The van der Waals surface area contributed by atoms with Crippen molar-refractivity contribution in [3.63, 3.8) is 0 Å². The van der Waals surface area contributed by atoms with E-state index in [2.05, 4.69) is 15.6 Å². The Kier molecular flexibility index (Phi) is 6.39. The molecule has 0 saturated heterocycles. The van der Waals surface area contributed by atoms with Gasteiger partial charge in [-0.15, -0.1) is 0 Å². The third-order valence-electron chi connectivity index (χ3n) is 3.26. The van der Waals surface area contributed by atoms with Crippen LogP contribution in [0.3, 0.4) is 0 Å². The molecule has 0 aliphatic carbocycles. The number of pyridine rings is 1. The van der Waals surface area contributed by atoms with Gasteiger partial charge >= 0.3 is 0 Å². The maximum absolute atomic E-state index is 11.8. The number of carbonyl (C=O) groups excluding carboxylic acids is 1. The van der Waals surface area contributed by atoms with Gasteiger partial charge in [-0.1, -0.05) is 12.1 Å². The Bertz CT molecular complexity index is 570. The Morgan fingerprint density at radius 1 is 1.05 bits per heavy atom. The van der Waals surface area contributed by atoms with E-state index in [4.69, 9.17) is 4.74 Å². The lowest BCUT2D eigenvalue weighted by Crippen LogP contribution is -2.27. The normalized spacial score (nSPS) is 10.2. The van der Waals surface area contributed by atoms with Gasteiger partial charge in [0.2, 0.25) is 5.91 Å². The molecule has 0 aliphatic rings. The van der Waals surface area contributed by atoms with E-state index in [1.165, 1.54) is 0 Å². The third-order valence-corrected chi connectivity index (χ3v) is 3.26. The van der Waals surface area contributed by atoms with Gasteiger partial charge in [0, 0.05) is 38.4 Å². The number of rotatable bonds is 8. The quantitative estimate of drug-likeness (QED) is 0.731. The molecule has 22 heavy (non-hydrogen) atoms. The lowest BCUT2D eigenvalue weighted by Gasteiger charge is -2.07. The van der Waals surface area contributed by atoms with Crippen LogP contribution in [-0.4, -0.2) is 24.5 Å². The van der Waals surface area contributed by atoms with Crippen molar-refractivity contribution in [2.75, 3.05) is 13.7 Å². The lowest BCUT2D eigenvalue weighted by molar-refractivity contribution is -0.121. The molecular formula is C17H21N3O2. The first-order valence-corrected chi connectivity index (χ1v) is 7.27. The molecule has 0 aliphatic heterocycles. The summed E-state index contributed by atoms with van der Waals surface area (Å²) in [6, 6.07) is 11.6. The van der Waals surface area contributed by atoms with Crippen molar-refractivity contribution in [3.05, 3.63) is 59.9 Å². The number of ether oxygens (including phenoxy) is 1. The molecule has 2 N–H and O–H groups in total. The number of amides is 1. The summed E-state index contributed by atoms with van der Waals surface area (Å²) in [5, 5.41) is 6.15. The Morgan fingerprint density at radius 2 is 1.73 bits per heavy atom. The van der Waals surface area contributed by atoms with Crippen molar-refractivity contribution in [2.24, 2.45) is 0 Å². The second-order valence-electron chi connectivity index (χ2n) is 4.91. The minimum absolute atomic E-state index is 0.0399. The summed E-state index contributed by atoms with van der Waals surface area (Å²) in [5.41, 5.74) is 2.22. The Hall–Kier alpha value is -2.40. The first-order chi connectivity index (χ1) is 10.8. The van der Waals surface area contributed by atoms with Crippen LogP contribution in [0.1, 0.15) is 17.5 Å². The molecule has 0 fully saturated rings. The maximum Gasteiger partial charge on any atom is 0.221 e. The molecule has 0 saturated carbocycles. The van der Waals surface area contributed by atoms with Gasteiger partial charge in [0.1, 0.15) is 5.75 Å². The minimum Gasteiger partial charge on any atom is -0.497 e. The molecule has 0 bridgehead atoms. The zero-order chi connectivity index (χ0) is 15.6. The van der Waals surface area contributed by atoms with Gasteiger partial charge < -0.3 is 15.4 Å². The van der Waals surface area contributed by atoms with E-state index in [1.807, 2.05) is 36.4 Å². The molecule has 2 rings (SSSR count). The first-order valence-electron chi connectivity index (χ1n) is 7.27. The zero-order valence-electron chi connectivity index (χ0n) is 12.7. The van der Waals surface area contributed by atoms with Crippen LogP contribution in [0.5, 0.6) is 5.75 Å². The molecule has 5 heteroatoms. The van der Waals surface area contributed by atoms with Crippen LogP contribution < -0.4 is 15.4 Å². The van der Waals surface area contributed by atoms with Crippen molar-refractivity contribution < 1.29 is 9.53 Å². The van der Waals surface area contributed by atoms with Gasteiger partial charge in [0.05, 0.1) is 7.11 Å². The fourth-order valence-electron chi connectivity index (χ4n) is 1.97. The topological polar surface area (TPSA) is 63.2 Å². The summed E-state index contributed by atoms with van der Waals surface area (Å²) in [6.45, 7) is 1.93. The van der Waals surface area contributed by atoms with Crippen molar-refractivity contribution in [1.82, 2.24) is 15.6 Å². The van der Waals surface area contributed by atoms with E-state index in [-0.39, 0.29) is 5.91 Å². The molecule has 1 aromatic carbocycles. The zero-order valence-corrected chi connectivity index (χ0v) is 12.7. The number of methoxy groups -OCH3 is 1. The van der Waals surface area contributed by atoms with Gasteiger partial charge in [-0.25, -0.2) is 0 Å². The van der Waals surface area contributed by atoms with E-state index >= 15 is 0 Å². The van der Waals surface area contributed by atoms with Crippen LogP contribution in [0.2, 0.25) is 0 Å². The van der Waals surface area contributed by atoms with E-state index in [0.29, 0.717) is 19.5 Å². The van der Waals surface area contributed by atoms with Crippen molar-refractivity contribution >= 4 is 5.91 Å².